The number of aliphatic carboxylic acids is 1. The molecule has 5 heteroatoms. The number of aromatic nitrogens is 2. The Morgan fingerprint density at radius 2 is 2.56 bits per heavy atom. The van der Waals surface area contributed by atoms with E-state index in [0.717, 1.165) is 25.1 Å². The van der Waals surface area contributed by atoms with Crippen LogP contribution in [0.4, 0.5) is 0 Å². The van der Waals surface area contributed by atoms with Gasteiger partial charge in [0.1, 0.15) is 0 Å². The van der Waals surface area contributed by atoms with Crippen LogP contribution in [0, 0.1) is 0 Å². The van der Waals surface area contributed by atoms with Gasteiger partial charge in [0.2, 0.25) is 0 Å². The van der Waals surface area contributed by atoms with Crippen LogP contribution in [0.1, 0.15) is 30.9 Å². The topological polar surface area (TPSA) is 67.1 Å². The quantitative estimate of drug-likeness (QED) is 0.793. The molecule has 0 saturated carbocycles. The smallest absolute Gasteiger partial charge is 0.303 e. The average molecular weight is 223 g/mol. The molecule has 5 nitrogen and oxygen atoms in total. The average Bonchev–Trinajstić information content (AvgIpc) is 2.76. The van der Waals surface area contributed by atoms with E-state index in [-0.39, 0.29) is 6.42 Å². The summed E-state index contributed by atoms with van der Waals surface area (Å²) < 4.78 is 1.96. The summed E-state index contributed by atoms with van der Waals surface area (Å²) in [5, 5.41) is 16.2. The van der Waals surface area contributed by atoms with Crippen LogP contribution in [0.2, 0.25) is 0 Å². The molecule has 88 valence electrons. The van der Waals surface area contributed by atoms with Crippen LogP contribution >= 0.6 is 0 Å². The highest BCUT2D eigenvalue weighted by Gasteiger charge is 2.15. The molecule has 0 radical (unpaired) electrons. The number of carboxylic acids is 1. The summed E-state index contributed by atoms with van der Waals surface area (Å²) in [7, 11) is 0. The zero-order valence-electron chi connectivity index (χ0n) is 9.22. The van der Waals surface area contributed by atoms with Gasteiger partial charge in [0.15, 0.2) is 0 Å². The van der Waals surface area contributed by atoms with E-state index in [4.69, 9.17) is 5.11 Å². The van der Waals surface area contributed by atoms with Crippen molar-refractivity contribution in [2.24, 2.45) is 0 Å². The predicted octanol–water partition coefficient (Wildman–Crippen LogP) is 0.825. The van der Waals surface area contributed by atoms with Gasteiger partial charge in [0.25, 0.3) is 0 Å². The number of hydrogen-bond donors (Lipinski definition) is 2. The van der Waals surface area contributed by atoms with E-state index in [2.05, 4.69) is 10.4 Å². The van der Waals surface area contributed by atoms with Gasteiger partial charge in [-0.2, -0.15) is 5.10 Å². The second-order valence-electron chi connectivity index (χ2n) is 4.22. The first-order chi connectivity index (χ1) is 7.75. The molecule has 1 aromatic heterocycles. The molecule has 1 aliphatic rings. The standard InChI is InChI=1S/C11H17N3O2/c15-11(16)4-3-9-6-13-14(8-9)10-2-1-5-12-7-10/h6,8,10,12H,1-5,7H2,(H,15,16). The van der Waals surface area contributed by atoms with Crippen LogP contribution in [-0.4, -0.2) is 33.9 Å². The van der Waals surface area contributed by atoms with Crippen molar-refractivity contribution in [3.05, 3.63) is 18.0 Å². The second kappa shape index (κ2) is 5.12. The van der Waals surface area contributed by atoms with Crippen LogP contribution in [0.3, 0.4) is 0 Å². The minimum atomic E-state index is -0.757. The Morgan fingerprint density at radius 1 is 1.69 bits per heavy atom. The van der Waals surface area contributed by atoms with Gasteiger partial charge < -0.3 is 10.4 Å². The van der Waals surface area contributed by atoms with Crippen molar-refractivity contribution in [3.63, 3.8) is 0 Å². The van der Waals surface area contributed by atoms with E-state index in [1.165, 1.54) is 6.42 Å². The van der Waals surface area contributed by atoms with E-state index in [1.807, 2.05) is 10.9 Å². The highest BCUT2D eigenvalue weighted by atomic mass is 16.4. The molecular weight excluding hydrogens is 206 g/mol. The third-order valence-corrected chi connectivity index (χ3v) is 2.93. The largest absolute Gasteiger partial charge is 0.481 e. The van der Waals surface area contributed by atoms with Gasteiger partial charge in [0, 0.05) is 19.2 Å². The number of nitrogens with one attached hydrogen (secondary N) is 1. The minimum absolute atomic E-state index is 0.175. The van der Waals surface area contributed by atoms with Gasteiger partial charge in [-0.15, -0.1) is 0 Å². The molecule has 1 atom stereocenters. The molecular formula is C11H17N3O2. The molecule has 0 aliphatic carbocycles. The van der Waals surface area contributed by atoms with Crippen molar-refractivity contribution in [2.75, 3.05) is 13.1 Å². The van der Waals surface area contributed by atoms with Crippen molar-refractivity contribution in [1.29, 1.82) is 0 Å². The lowest BCUT2D eigenvalue weighted by Gasteiger charge is -2.22. The first-order valence-electron chi connectivity index (χ1n) is 5.71. The van der Waals surface area contributed by atoms with Crippen molar-refractivity contribution >= 4 is 5.97 Å². The summed E-state index contributed by atoms with van der Waals surface area (Å²) in [6.07, 6.45) is 6.81. The van der Waals surface area contributed by atoms with Crippen molar-refractivity contribution in [1.82, 2.24) is 15.1 Å². The molecule has 2 heterocycles. The van der Waals surface area contributed by atoms with Crippen LogP contribution in [0.25, 0.3) is 0 Å². The van der Waals surface area contributed by atoms with Gasteiger partial charge >= 0.3 is 5.97 Å². The molecule has 1 saturated heterocycles. The number of hydrogen-bond acceptors (Lipinski definition) is 3. The summed E-state index contributed by atoms with van der Waals surface area (Å²) in [5.41, 5.74) is 1.01. The van der Waals surface area contributed by atoms with Crippen LogP contribution in [0.15, 0.2) is 12.4 Å². The maximum atomic E-state index is 10.4. The molecule has 1 aromatic rings. The normalized spacial score (nSPS) is 20.9. The zero-order chi connectivity index (χ0) is 11.4. The van der Waals surface area contributed by atoms with E-state index in [0.29, 0.717) is 12.5 Å². The molecule has 0 bridgehead atoms. The first kappa shape index (κ1) is 11.1. The first-order valence-corrected chi connectivity index (χ1v) is 5.71. The van der Waals surface area contributed by atoms with E-state index < -0.39 is 5.97 Å². The molecule has 0 aromatic carbocycles. The molecule has 1 aliphatic heterocycles. The Balaban J connectivity index is 1.93. The fourth-order valence-corrected chi connectivity index (χ4v) is 2.02. The Bertz CT molecular complexity index is 356. The maximum absolute atomic E-state index is 10.4. The summed E-state index contributed by atoms with van der Waals surface area (Å²) in [6.45, 7) is 2.05. The summed E-state index contributed by atoms with van der Waals surface area (Å²) in [5.74, 6) is -0.757. The Labute approximate surface area is 94.5 Å². The minimum Gasteiger partial charge on any atom is -0.481 e. The number of aryl methyl sites for hydroxylation is 1. The number of nitrogens with zero attached hydrogens (tertiary/aromatic N) is 2. The zero-order valence-corrected chi connectivity index (χ0v) is 9.22. The molecule has 2 rings (SSSR count). The lowest BCUT2D eigenvalue weighted by molar-refractivity contribution is -0.136. The molecule has 1 unspecified atom stereocenters. The van der Waals surface area contributed by atoms with Gasteiger partial charge in [-0.05, 0) is 31.4 Å². The van der Waals surface area contributed by atoms with Crippen molar-refractivity contribution in [3.8, 4) is 0 Å². The summed E-state index contributed by atoms with van der Waals surface area (Å²) in [4.78, 5) is 10.4. The number of carboxylic acid groups (broad SMARTS) is 1. The van der Waals surface area contributed by atoms with Gasteiger partial charge in [-0.1, -0.05) is 0 Å². The number of rotatable bonds is 4. The highest BCUT2D eigenvalue weighted by Crippen LogP contribution is 2.16. The lowest BCUT2D eigenvalue weighted by atomic mass is 10.1. The second-order valence-corrected chi connectivity index (χ2v) is 4.22. The van der Waals surface area contributed by atoms with E-state index in [9.17, 15) is 4.79 Å². The third-order valence-electron chi connectivity index (χ3n) is 2.93. The van der Waals surface area contributed by atoms with E-state index >= 15 is 0 Å². The van der Waals surface area contributed by atoms with Gasteiger partial charge in [-0.25, -0.2) is 0 Å². The van der Waals surface area contributed by atoms with Crippen molar-refractivity contribution in [2.45, 2.75) is 31.7 Å². The Morgan fingerprint density at radius 3 is 3.25 bits per heavy atom. The van der Waals surface area contributed by atoms with Crippen LogP contribution in [0.5, 0.6) is 0 Å². The number of carbonyl (C=O) groups is 1. The summed E-state index contributed by atoms with van der Waals surface area (Å²) in [6, 6.07) is 0.423. The molecule has 1 fully saturated rings. The molecule has 16 heavy (non-hydrogen) atoms. The molecule has 0 spiro atoms. The fourth-order valence-electron chi connectivity index (χ4n) is 2.02. The van der Waals surface area contributed by atoms with Crippen LogP contribution in [-0.2, 0) is 11.2 Å². The predicted molar refractivity (Wildman–Crippen MR) is 59.3 cm³/mol. The third kappa shape index (κ3) is 2.82. The van der Waals surface area contributed by atoms with E-state index in [1.54, 1.807) is 6.20 Å². The number of piperidine rings is 1. The summed E-state index contributed by atoms with van der Waals surface area (Å²) >= 11 is 0. The Kier molecular flexibility index (Phi) is 3.56. The maximum Gasteiger partial charge on any atom is 0.303 e. The fraction of sp³-hybridized carbons (Fsp3) is 0.636. The van der Waals surface area contributed by atoms with Gasteiger partial charge in [0.05, 0.1) is 12.2 Å². The van der Waals surface area contributed by atoms with Crippen LogP contribution < -0.4 is 5.32 Å². The van der Waals surface area contributed by atoms with Crippen molar-refractivity contribution < 1.29 is 9.90 Å². The molecule has 2 N–H and O–H groups in total. The van der Waals surface area contributed by atoms with Gasteiger partial charge in [-0.3, -0.25) is 9.48 Å². The monoisotopic (exact) mass is 223 g/mol. The molecule has 0 amide bonds. The highest BCUT2D eigenvalue weighted by molar-refractivity contribution is 5.67. The lowest BCUT2D eigenvalue weighted by Crippen LogP contribution is -2.31. The Hall–Kier alpha value is -1.36. The SMILES string of the molecule is O=C(O)CCc1cnn(C2CCCNC2)c1.